The van der Waals surface area contributed by atoms with E-state index in [2.05, 4.69) is 4.98 Å². The van der Waals surface area contributed by atoms with E-state index in [-0.39, 0.29) is 5.41 Å². The van der Waals surface area contributed by atoms with E-state index in [1.54, 1.807) is 12.5 Å². The Labute approximate surface area is 84.8 Å². The zero-order valence-electron chi connectivity index (χ0n) is 9.07. The van der Waals surface area contributed by atoms with Crippen molar-refractivity contribution in [2.75, 3.05) is 6.54 Å². The molecular weight excluding hydrogens is 178 g/mol. The van der Waals surface area contributed by atoms with Crippen LogP contribution in [0.5, 0.6) is 0 Å². The second-order valence-corrected chi connectivity index (χ2v) is 4.04. The Hall–Kier alpha value is -0.870. The van der Waals surface area contributed by atoms with Crippen LogP contribution in [0.4, 0.5) is 0 Å². The molecule has 1 heterocycles. The van der Waals surface area contributed by atoms with Gasteiger partial charge in [0.15, 0.2) is 0 Å². The average Bonchev–Trinajstić information content (AvgIpc) is 2.62. The van der Waals surface area contributed by atoms with E-state index in [4.69, 9.17) is 5.73 Å². The van der Waals surface area contributed by atoms with E-state index in [0.717, 1.165) is 12.1 Å². The van der Waals surface area contributed by atoms with Crippen molar-refractivity contribution in [3.63, 3.8) is 0 Å². The van der Waals surface area contributed by atoms with Crippen LogP contribution in [0.15, 0.2) is 12.5 Å². The zero-order valence-corrected chi connectivity index (χ0v) is 9.07. The van der Waals surface area contributed by atoms with Crippen molar-refractivity contribution >= 4 is 0 Å². The summed E-state index contributed by atoms with van der Waals surface area (Å²) in [7, 11) is 1.87. The van der Waals surface area contributed by atoms with Crippen LogP contribution < -0.4 is 5.73 Å². The lowest BCUT2D eigenvalue weighted by Gasteiger charge is -2.32. The number of imidazole rings is 1. The van der Waals surface area contributed by atoms with Crippen molar-refractivity contribution in [2.24, 2.45) is 18.2 Å². The molecule has 0 bridgehead atoms. The number of hydrogen-bond donors (Lipinski definition) is 2. The van der Waals surface area contributed by atoms with Crippen molar-refractivity contribution < 1.29 is 5.11 Å². The minimum Gasteiger partial charge on any atom is -0.386 e. The van der Waals surface area contributed by atoms with Crippen LogP contribution in [-0.2, 0) is 7.05 Å². The second kappa shape index (κ2) is 4.11. The first kappa shape index (κ1) is 11.2. The van der Waals surface area contributed by atoms with Gasteiger partial charge >= 0.3 is 0 Å². The number of nitrogens with zero attached hydrogens (tertiary/aromatic N) is 2. The molecular formula is C10H19N3O. The molecule has 4 nitrogen and oxygen atoms in total. The fraction of sp³-hybridized carbons (Fsp3) is 0.700. The molecule has 80 valence electrons. The van der Waals surface area contributed by atoms with Gasteiger partial charge in [-0.25, -0.2) is 4.98 Å². The van der Waals surface area contributed by atoms with Gasteiger partial charge in [-0.2, -0.15) is 0 Å². The smallest absolute Gasteiger partial charge is 0.102 e. The Morgan fingerprint density at radius 1 is 1.71 bits per heavy atom. The molecule has 0 aliphatic carbocycles. The van der Waals surface area contributed by atoms with Crippen molar-refractivity contribution in [3.05, 3.63) is 18.2 Å². The highest BCUT2D eigenvalue weighted by atomic mass is 16.3. The molecule has 0 saturated heterocycles. The molecule has 0 radical (unpaired) electrons. The van der Waals surface area contributed by atoms with Gasteiger partial charge in [0.1, 0.15) is 6.10 Å². The number of hydrogen-bond acceptors (Lipinski definition) is 3. The summed E-state index contributed by atoms with van der Waals surface area (Å²) < 4.78 is 1.83. The van der Waals surface area contributed by atoms with E-state index >= 15 is 0 Å². The van der Waals surface area contributed by atoms with Gasteiger partial charge < -0.3 is 15.4 Å². The molecule has 0 aromatic carbocycles. The molecule has 1 aromatic rings. The number of aliphatic hydroxyl groups excluding tert-OH is 1. The van der Waals surface area contributed by atoms with Crippen molar-refractivity contribution in [1.29, 1.82) is 0 Å². The minimum absolute atomic E-state index is 0.270. The third kappa shape index (κ3) is 1.81. The monoisotopic (exact) mass is 197 g/mol. The molecule has 0 aliphatic rings. The first-order valence-electron chi connectivity index (χ1n) is 4.89. The highest BCUT2D eigenvalue weighted by Crippen LogP contribution is 2.35. The Morgan fingerprint density at radius 3 is 2.71 bits per heavy atom. The molecule has 14 heavy (non-hydrogen) atoms. The van der Waals surface area contributed by atoms with E-state index < -0.39 is 6.10 Å². The molecule has 2 atom stereocenters. The lowest BCUT2D eigenvalue weighted by Crippen LogP contribution is -2.34. The lowest BCUT2D eigenvalue weighted by molar-refractivity contribution is 0.0335. The number of aryl methyl sites for hydroxylation is 1. The SMILES string of the molecule is CCC(C)(CN)C(O)c1cncn1C. The Kier molecular flexibility index (Phi) is 3.29. The zero-order chi connectivity index (χ0) is 10.8. The number of aromatic nitrogens is 2. The minimum atomic E-state index is -0.551. The van der Waals surface area contributed by atoms with Crippen LogP contribution in [0, 0.1) is 5.41 Å². The van der Waals surface area contributed by atoms with Gasteiger partial charge in [-0.05, 0) is 6.42 Å². The van der Waals surface area contributed by atoms with Crippen LogP contribution in [-0.4, -0.2) is 21.2 Å². The van der Waals surface area contributed by atoms with Crippen LogP contribution in [0.3, 0.4) is 0 Å². The molecule has 0 saturated carbocycles. The summed E-state index contributed by atoms with van der Waals surface area (Å²) in [5, 5.41) is 10.2. The third-order valence-electron chi connectivity index (χ3n) is 3.07. The van der Waals surface area contributed by atoms with Crippen LogP contribution >= 0.6 is 0 Å². The summed E-state index contributed by atoms with van der Waals surface area (Å²) in [6, 6.07) is 0. The first-order valence-corrected chi connectivity index (χ1v) is 4.89. The van der Waals surface area contributed by atoms with Crippen molar-refractivity contribution in [1.82, 2.24) is 9.55 Å². The quantitative estimate of drug-likeness (QED) is 0.751. The van der Waals surface area contributed by atoms with Crippen molar-refractivity contribution in [2.45, 2.75) is 26.4 Å². The Bertz CT molecular complexity index is 291. The fourth-order valence-corrected chi connectivity index (χ4v) is 1.44. The maximum absolute atomic E-state index is 10.2. The Morgan fingerprint density at radius 2 is 2.36 bits per heavy atom. The number of aliphatic hydroxyl groups is 1. The molecule has 0 amide bonds. The molecule has 1 rings (SSSR count). The average molecular weight is 197 g/mol. The molecule has 0 fully saturated rings. The van der Waals surface area contributed by atoms with Crippen LogP contribution in [0.2, 0.25) is 0 Å². The first-order chi connectivity index (χ1) is 6.55. The van der Waals surface area contributed by atoms with E-state index in [0.29, 0.717) is 6.54 Å². The van der Waals surface area contributed by atoms with Gasteiger partial charge in [-0.3, -0.25) is 0 Å². The molecule has 4 heteroatoms. The maximum atomic E-state index is 10.2. The van der Waals surface area contributed by atoms with Gasteiger partial charge in [0.2, 0.25) is 0 Å². The molecule has 3 N–H and O–H groups in total. The molecule has 0 spiro atoms. The standard InChI is InChI=1S/C10H19N3O/c1-4-10(2,6-11)9(14)8-5-12-7-13(8)3/h5,7,9,14H,4,6,11H2,1-3H3. The van der Waals surface area contributed by atoms with E-state index in [1.165, 1.54) is 0 Å². The largest absolute Gasteiger partial charge is 0.386 e. The summed E-state index contributed by atoms with van der Waals surface area (Å²) in [4.78, 5) is 3.99. The highest BCUT2D eigenvalue weighted by Gasteiger charge is 2.32. The van der Waals surface area contributed by atoms with Crippen LogP contribution in [0.25, 0.3) is 0 Å². The summed E-state index contributed by atoms with van der Waals surface area (Å²) in [5.41, 5.74) is 6.23. The summed E-state index contributed by atoms with van der Waals surface area (Å²) >= 11 is 0. The summed E-state index contributed by atoms with van der Waals surface area (Å²) in [5.74, 6) is 0. The van der Waals surface area contributed by atoms with Gasteiger partial charge in [0.05, 0.1) is 18.2 Å². The lowest BCUT2D eigenvalue weighted by atomic mass is 9.80. The predicted octanol–water partition coefficient (Wildman–Crippen LogP) is 0.829. The summed E-state index contributed by atoms with van der Waals surface area (Å²) in [6.45, 7) is 4.49. The number of rotatable bonds is 4. The molecule has 1 aromatic heterocycles. The predicted molar refractivity (Wildman–Crippen MR) is 55.6 cm³/mol. The molecule has 2 unspecified atom stereocenters. The maximum Gasteiger partial charge on any atom is 0.102 e. The summed E-state index contributed by atoms with van der Waals surface area (Å²) in [6.07, 6.45) is 3.67. The van der Waals surface area contributed by atoms with E-state index in [9.17, 15) is 5.11 Å². The normalized spacial score (nSPS) is 17.8. The molecule has 0 aliphatic heterocycles. The van der Waals surface area contributed by atoms with Gasteiger partial charge in [-0.1, -0.05) is 13.8 Å². The highest BCUT2D eigenvalue weighted by molar-refractivity contribution is 5.06. The second-order valence-electron chi connectivity index (χ2n) is 4.04. The topological polar surface area (TPSA) is 64.1 Å². The third-order valence-corrected chi connectivity index (χ3v) is 3.07. The van der Waals surface area contributed by atoms with Crippen LogP contribution in [0.1, 0.15) is 32.1 Å². The van der Waals surface area contributed by atoms with Crippen molar-refractivity contribution in [3.8, 4) is 0 Å². The van der Waals surface area contributed by atoms with E-state index in [1.807, 2.05) is 25.5 Å². The van der Waals surface area contributed by atoms with Gasteiger partial charge in [0.25, 0.3) is 0 Å². The van der Waals surface area contributed by atoms with Gasteiger partial charge in [0, 0.05) is 19.0 Å². The fourth-order valence-electron chi connectivity index (χ4n) is 1.44. The Balaban J connectivity index is 2.94. The number of nitrogens with two attached hydrogens (primary N) is 1. The van der Waals surface area contributed by atoms with Gasteiger partial charge in [-0.15, -0.1) is 0 Å².